The number of nitrogens with zero attached hydrogens (tertiary/aromatic N) is 1. The summed E-state index contributed by atoms with van der Waals surface area (Å²) >= 11 is 0. The van der Waals surface area contributed by atoms with Gasteiger partial charge in [0.25, 0.3) is 10.0 Å². The van der Waals surface area contributed by atoms with Crippen LogP contribution in [0.15, 0.2) is 59.6 Å². The van der Waals surface area contributed by atoms with Crippen LogP contribution < -0.4 is 0 Å². The van der Waals surface area contributed by atoms with Crippen molar-refractivity contribution in [3.63, 3.8) is 0 Å². The summed E-state index contributed by atoms with van der Waals surface area (Å²) in [6.45, 7) is 7.86. The maximum absolute atomic E-state index is 12.7. The number of aromatic nitrogens is 1. The first-order chi connectivity index (χ1) is 10.5. The minimum absolute atomic E-state index is 0.309. The second kappa shape index (κ2) is 6.36. The lowest BCUT2D eigenvalue weighted by molar-refractivity contribution is 0.589. The lowest BCUT2D eigenvalue weighted by Gasteiger charge is -2.07. The molecular formula is C18H21NO2S. The van der Waals surface area contributed by atoms with Crippen molar-refractivity contribution < 1.29 is 8.42 Å². The average Bonchev–Trinajstić information content (AvgIpc) is 2.88. The van der Waals surface area contributed by atoms with E-state index < -0.39 is 10.0 Å². The van der Waals surface area contributed by atoms with E-state index in [2.05, 4.69) is 0 Å². The van der Waals surface area contributed by atoms with Gasteiger partial charge in [-0.05, 0) is 37.6 Å². The van der Waals surface area contributed by atoms with Crippen LogP contribution in [-0.4, -0.2) is 12.4 Å². The van der Waals surface area contributed by atoms with Gasteiger partial charge in [-0.2, -0.15) is 0 Å². The third kappa shape index (κ3) is 2.79. The van der Waals surface area contributed by atoms with Gasteiger partial charge < -0.3 is 0 Å². The van der Waals surface area contributed by atoms with E-state index in [4.69, 9.17) is 0 Å². The van der Waals surface area contributed by atoms with Crippen molar-refractivity contribution in [3.8, 4) is 0 Å². The summed E-state index contributed by atoms with van der Waals surface area (Å²) in [5.74, 6) is 0. The Balaban J connectivity index is 0.000000847. The topological polar surface area (TPSA) is 39.1 Å². The molecule has 0 N–H and O–H groups in total. The summed E-state index contributed by atoms with van der Waals surface area (Å²) in [7, 11) is -3.54. The molecule has 22 heavy (non-hydrogen) atoms. The third-order valence-electron chi connectivity index (χ3n) is 3.46. The van der Waals surface area contributed by atoms with Gasteiger partial charge in [-0.25, -0.2) is 12.4 Å². The van der Waals surface area contributed by atoms with Crippen molar-refractivity contribution >= 4 is 20.9 Å². The van der Waals surface area contributed by atoms with E-state index in [9.17, 15) is 8.42 Å². The Labute approximate surface area is 132 Å². The summed E-state index contributed by atoms with van der Waals surface area (Å²) < 4.78 is 26.8. The molecule has 0 aliphatic rings. The Morgan fingerprint density at radius 1 is 0.864 bits per heavy atom. The van der Waals surface area contributed by atoms with Crippen molar-refractivity contribution in [3.05, 3.63) is 65.9 Å². The minimum Gasteiger partial charge on any atom is -0.241 e. The predicted octanol–water partition coefficient (Wildman–Crippen LogP) is 4.52. The molecule has 3 rings (SSSR count). The van der Waals surface area contributed by atoms with Crippen LogP contribution in [0.2, 0.25) is 0 Å². The van der Waals surface area contributed by atoms with E-state index in [1.807, 2.05) is 64.1 Å². The Morgan fingerprint density at radius 3 is 2.09 bits per heavy atom. The molecule has 4 heteroatoms. The summed E-state index contributed by atoms with van der Waals surface area (Å²) in [5.41, 5.74) is 2.71. The maximum atomic E-state index is 12.7. The second-order valence-electron chi connectivity index (χ2n) is 4.94. The van der Waals surface area contributed by atoms with Crippen molar-refractivity contribution in [2.45, 2.75) is 32.6 Å². The number of fused-ring (bicyclic) bond motifs is 1. The molecular weight excluding hydrogens is 294 g/mol. The fraction of sp³-hybridized carbons (Fsp3) is 0.222. The predicted molar refractivity (Wildman–Crippen MR) is 91.8 cm³/mol. The van der Waals surface area contributed by atoms with E-state index in [1.165, 1.54) is 3.97 Å². The molecule has 2 aromatic carbocycles. The molecule has 0 aliphatic heterocycles. The highest BCUT2D eigenvalue weighted by molar-refractivity contribution is 7.90. The second-order valence-corrected chi connectivity index (χ2v) is 6.76. The molecule has 0 amide bonds. The lowest BCUT2D eigenvalue weighted by atomic mass is 10.2. The Bertz CT molecular complexity index is 875. The van der Waals surface area contributed by atoms with Gasteiger partial charge in [-0.3, -0.25) is 0 Å². The Morgan fingerprint density at radius 2 is 1.45 bits per heavy atom. The first kappa shape index (κ1) is 16.3. The van der Waals surface area contributed by atoms with E-state index in [-0.39, 0.29) is 0 Å². The standard InChI is InChI=1S/C16H15NO2S.C2H6/c1-12-7-9-14(10-8-12)20(18,19)17-11-13(2)15-5-3-4-6-16(15)17;1-2/h3-11H,1-2H3;1-2H3. The molecule has 0 spiro atoms. The molecule has 0 bridgehead atoms. The number of rotatable bonds is 2. The van der Waals surface area contributed by atoms with Crippen LogP contribution in [0.1, 0.15) is 25.0 Å². The van der Waals surface area contributed by atoms with Crippen LogP contribution in [0.5, 0.6) is 0 Å². The van der Waals surface area contributed by atoms with Gasteiger partial charge in [-0.15, -0.1) is 0 Å². The number of hydrogen-bond acceptors (Lipinski definition) is 2. The molecule has 0 atom stereocenters. The summed E-state index contributed by atoms with van der Waals surface area (Å²) in [5, 5.41) is 0.961. The molecule has 1 aromatic heterocycles. The Kier molecular flexibility index (Phi) is 4.71. The minimum atomic E-state index is -3.54. The third-order valence-corrected chi connectivity index (χ3v) is 5.14. The van der Waals surface area contributed by atoms with Crippen molar-refractivity contribution in [1.82, 2.24) is 3.97 Å². The highest BCUT2D eigenvalue weighted by atomic mass is 32.2. The SMILES string of the molecule is CC.Cc1ccc(S(=O)(=O)n2cc(C)c3ccccc32)cc1. The lowest BCUT2D eigenvalue weighted by Crippen LogP contribution is -2.11. The molecule has 3 nitrogen and oxygen atoms in total. The number of benzene rings is 2. The fourth-order valence-corrected chi connectivity index (χ4v) is 3.76. The molecule has 0 radical (unpaired) electrons. The zero-order valence-electron chi connectivity index (χ0n) is 13.4. The first-order valence-electron chi connectivity index (χ1n) is 7.39. The van der Waals surface area contributed by atoms with Gasteiger partial charge in [-0.1, -0.05) is 49.7 Å². The molecule has 3 aromatic rings. The molecule has 0 saturated carbocycles. The molecule has 1 heterocycles. The number of aryl methyl sites for hydroxylation is 2. The average molecular weight is 315 g/mol. The van der Waals surface area contributed by atoms with E-state index >= 15 is 0 Å². The monoisotopic (exact) mass is 315 g/mol. The van der Waals surface area contributed by atoms with Crippen molar-refractivity contribution in [2.75, 3.05) is 0 Å². The van der Waals surface area contributed by atoms with Crippen LogP contribution in [0, 0.1) is 13.8 Å². The van der Waals surface area contributed by atoms with Gasteiger partial charge >= 0.3 is 0 Å². The smallest absolute Gasteiger partial charge is 0.241 e. The molecule has 0 unspecified atom stereocenters. The van der Waals surface area contributed by atoms with Crippen molar-refractivity contribution in [1.29, 1.82) is 0 Å². The van der Waals surface area contributed by atoms with Crippen LogP contribution in [-0.2, 0) is 10.0 Å². The van der Waals surface area contributed by atoms with Gasteiger partial charge in [0, 0.05) is 11.6 Å². The van der Waals surface area contributed by atoms with Gasteiger partial charge in [0.1, 0.15) is 0 Å². The number of para-hydroxylation sites is 1. The van der Waals surface area contributed by atoms with E-state index in [1.54, 1.807) is 18.3 Å². The van der Waals surface area contributed by atoms with Gasteiger partial charge in [0.15, 0.2) is 0 Å². The zero-order chi connectivity index (χ0) is 16.3. The van der Waals surface area contributed by atoms with Crippen LogP contribution >= 0.6 is 0 Å². The highest BCUT2D eigenvalue weighted by Crippen LogP contribution is 2.25. The molecule has 0 aliphatic carbocycles. The van der Waals surface area contributed by atoms with Crippen molar-refractivity contribution in [2.24, 2.45) is 0 Å². The largest absolute Gasteiger partial charge is 0.268 e. The van der Waals surface area contributed by atoms with E-state index in [0.717, 1.165) is 16.5 Å². The summed E-state index contributed by atoms with van der Waals surface area (Å²) in [6.07, 6.45) is 1.68. The highest BCUT2D eigenvalue weighted by Gasteiger charge is 2.19. The van der Waals surface area contributed by atoms with Crippen LogP contribution in [0.4, 0.5) is 0 Å². The van der Waals surface area contributed by atoms with Gasteiger partial charge in [0.2, 0.25) is 0 Å². The van der Waals surface area contributed by atoms with Crippen LogP contribution in [0.25, 0.3) is 10.9 Å². The van der Waals surface area contributed by atoms with Crippen LogP contribution in [0.3, 0.4) is 0 Å². The molecule has 0 saturated heterocycles. The molecule has 0 fully saturated rings. The normalized spacial score (nSPS) is 11.1. The van der Waals surface area contributed by atoms with Gasteiger partial charge in [0.05, 0.1) is 10.4 Å². The molecule has 116 valence electrons. The summed E-state index contributed by atoms with van der Waals surface area (Å²) in [6, 6.07) is 14.4. The quantitative estimate of drug-likeness (QED) is 0.697. The first-order valence-corrected chi connectivity index (χ1v) is 8.83. The zero-order valence-corrected chi connectivity index (χ0v) is 14.2. The summed E-state index contributed by atoms with van der Waals surface area (Å²) in [4.78, 5) is 0.309. The number of hydrogen-bond donors (Lipinski definition) is 0. The maximum Gasteiger partial charge on any atom is 0.268 e. The fourth-order valence-electron chi connectivity index (χ4n) is 2.34. The van der Waals surface area contributed by atoms with E-state index in [0.29, 0.717) is 10.4 Å². The Hall–Kier alpha value is -2.07.